The molecule has 2 saturated heterocycles. The van der Waals surface area contributed by atoms with E-state index in [4.69, 9.17) is 16.9 Å². The standard InChI is InChI=1S/C12H13ClN4/c13-12-8(5-14)3-11(6-16-12)17-7-9-4-10(17)1-2-15-9/h3,6,9-10,15H,1-2,4,7H2/t9-,10+/m0/s1. The van der Waals surface area contributed by atoms with Gasteiger partial charge in [0.25, 0.3) is 0 Å². The van der Waals surface area contributed by atoms with Gasteiger partial charge in [0.15, 0.2) is 0 Å². The molecule has 2 atom stereocenters. The van der Waals surface area contributed by atoms with Crippen molar-refractivity contribution < 1.29 is 0 Å². The zero-order chi connectivity index (χ0) is 11.8. The van der Waals surface area contributed by atoms with Crippen molar-refractivity contribution in [2.24, 2.45) is 0 Å². The van der Waals surface area contributed by atoms with Crippen LogP contribution in [0.4, 0.5) is 5.69 Å². The van der Waals surface area contributed by atoms with Gasteiger partial charge < -0.3 is 10.2 Å². The molecule has 2 fully saturated rings. The molecule has 0 radical (unpaired) electrons. The Kier molecular flexibility index (Phi) is 2.65. The molecule has 2 aliphatic heterocycles. The lowest BCUT2D eigenvalue weighted by molar-refractivity contribution is 0.449. The SMILES string of the molecule is N#Cc1cc(N2C[C@@H]3C[C@H]2CCN3)cnc1Cl. The quantitative estimate of drug-likeness (QED) is 0.767. The van der Waals surface area contributed by atoms with Crippen LogP contribution in [0.1, 0.15) is 18.4 Å². The van der Waals surface area contributed by atoms with Gasteiger partial charge in [0.05, 0.1) is 17.4 Å². The number of nitrogens with one attached hydrogen (secondary N) is 1. The van der Waals surface area contributed by atoms with Gasteiger partial charge in [0.1, 0.15) is 11.2 Å². The minimum Gasteiger partial charge on any atom is -0.366 e. The van der Waals surface area contributed by atoms with Crippen LogP contribution in [0.25, 0.3) is 0 Å². The number of hydrogen-bond donors (Lipinski definition) is 1. The Bertz CT molecular complexity index is 482. The molecule has 3 rings (SSSR count). The third-order valence-electron chi connectivity index (χ3n) is 3.60. The number of rotatable bonds is 1. The molecule has 0 spiro atoms. The molecular weight excluding hydrogens is 236 g/mol. The Morgan fingerprint density at radius 3 is 3.24 bits per heavy atom. The Morgan fingerprint density at radius 2 is 2.47 bits per heavy atom. The van der Waals surface area contributed by atoms with E-state index >= 15 is 0 Å². The maximum atomic E-state index is 8.97. The van der Waals surface area contributed by atoms with E-state index in [1.165, 1.54) is 6.42 Å². The van der Waals surface area contributed by atoms with Crippen molar-refractivity contribution in [2.45, 2.75) is 24.9 Å². The van der Waals surface area contributed by atoms with Crippen LogP contribution < -0.4 is 10.2 Å². The highest BCUT2D eigenvalue weighted by atomic mass is 35.5. The lowest BCUT2D eigenvalue weighted by Crippen LogP contribution is -2.35. The van der Waals surface area contributed by atoms with E-state index in [1.807, 2.05) is 6.07 Å². The highest BCUT2D eigenvalue weighted by molar-refractivity contribution is 6.30. The van der Waals surface area contributed by atoms with E-state index in [1.54, 1.807) is 6.20 Å². The fraction of sp³-hybridized carbons (Fsp3) is 0.500. The molecule has 0 aromatic carbocycles. The summed E-state index contributed by atoms with van der Waals surface area (Å²) in [6, 6.07) is 5.08. The minimum atomic E-state index is 0.288. The summed E-state index contributed by atoms with van der Waals surface area (Å²) in [6.45, 7) is 2.08. The topological polar surface area (TPSA) is 52.0 Å². The highest BCUT2D eigenvalue weighted by Gasteiger charge is 2.35. The number of nitrogens with zero attached hydrogens (tertiary/aromatic N) is 3. The van der Waals surface area contributed by atoms with Crippen LogP contribution >= 0.6 is 11.6 Å². The third kappa shape index (κ3) is 1.86. The summed E-state index contributed by atoms with van der Waals surface area (Å²) < 4.78 is 0. The Morgan fingerprint density at radius 1 is 1.59 bits per heavy atom. The molecule has 2 aliphatic rings. The van der Waals surface area contributed by atoms with Gasteiger partial charge in [0.2, 0.25) is 0 Å². The lowest BCUT2D eigenvalue weighted by Gasteiger charge is -2.26. The zero-order valence-electron chi connectivity index (χ0n) is 9.36. The normalized spacial score (nSPS) is 26.9. The van der Waals surface area contributed by atoms with Crippen LogP contribution in [-0.2, 0) is 0 Å². The fourth-order valence-corrected chi connectivity index (χ4v) is 2.93. The molecule has 0 amide bonds. The molecule has 3 heterocycles. The van der Waals surface area contributed by atoms with Crippen molar-refractivity contribution >= 4 is 17.3 Å². The maximum absolute atomic E-state index is 8.97. The van der Waals surface area contributed by atoms with E-state index in [-0.39, 0.29) is 5.15 Å². The predicted molar refractivity (Wildman–Crippen MR) is 66.1 cm³/mol. The van der Waals surface area contributed by atoms with Crippen molar-refractivity contribution in [2.75, 3.05) is 18.0 Å². The average molecular weight is 249 g/mol. The molecule has 0 unspecified atom stereocenters. The molecular formula is C12H13ClN4. The van der Waals surface area contributed by atoms with Crippen molar-refractivity contribution in [1.29, 1.82) is 5.26 Å². The van der Waals surface area contributed by atoms with Crippen molar-refractivity contribution in [1.82, 2.24) is 10.3 Å². The second kappa shape index (κ2) is 4.17. The first-order chi connectivity index (χ1) is 8.28. The van der Waals surface area contributed by atoms with Gasteiger partial charge in [-0.3, -0.25) is 0 Å². The molecule has 1 N–H and O–H groups in total. The summed E-state index contributed by atoms with van der Waals surface area (Å²) in [5.41, 5.74) is 1.47. The lowest BCUT2D eigenvalue weighted by atomic mass is 10.1. The van der Waals surface area contributed by atoms with Crippen LogP contribution in [0.3, 0.4) is 0 Å². The van der Waals surface area contributed by atoms with E-state index in [0.717, 1.165) is 25.2 Å². The minimum absolute atomic E-state index is 0.288. The van der Waals surface area contributed by atoms with Gasteiger partial charge in [-0.2, -0.15) is 5.26 Å². The van der Waals surface area contributed by atoms with Crippen LogP contribution in [0.2, 0.25) is 5.15 Å². The molecule has 1 aromatic rings. The smallest absolute Gasteiger partial charge is 0.146 e. The van der Waals surface area contributed by atoms with Crippen LogP contribution in [0, 0.1) is 11.3 Å². The maximum Gasteiger partial charge on any atom is 0.146 e. The predicted octanol–water partition coefficient (Wildman–Crippen LogP) is 1.55. The summed E-state index contributed by atoms with van der Waals surface area (Å²) in [5, 5.41) is 12.8. The van der Waals surface area contributed by atoms with Crippen molar-refractivity contribution in [3.8, 4) is 6.07 Å². The van der Waals surface area contributed by atoms with Gasteiger partial charge in [-0.15, -0.1) is 0 Å². The summed E-state index contributed by atoms with van der Waals surface area (Å²) in [5.74, 6) is 0. The number of piperidine rings is 1. The first kappa shape index (κ1) is 10.8. The number of halogens is 1. The fourth-order valence-electron chi connectivity index (χ4n) is 2.78. The van der Waals surface area contributed by atoms with Crippen LogP contribution in [-0.4, -0.2) is 30.2 Å². The second-order valence-corrected chi connectivity index (χ2v) is 4.98. The van der Waals surface area contributed by atoms with E-state index in [0.29, 0.717) is 17.6 Å². The third-order valence-corrected chi connectivity index (χ3v) is 3.90. The molecule has 4 nitrogen and oxygen atoms in total. The first-order valence-electron chi connectivity index (χ1n) is 5.83. The first-order valence-corrected chi connectivity index (χ1v) is 6.21. The molecule has 1 aromatic heterocycles. The number of nitriles is 1. The molecule has 0 saturated carbocycles. The van der Waals surface area contributed by atoms with Crippen molar-refractivity contribution in [3.63, 3.8) is 0 Å². The Labute approximate surface area is 105 Å². The van der Waals surface area contributed by atoms with E-state index < -0.39 is 0 Å². The summed E-state index contributed by atoms with van der Waals surface area (Å²) in [4.78, 5) is 6.43. The average Bonchev–Trinajstić information content (AvgIpc) is 2.65. The van der Waals surface area contributed by atoms with Gasteiger partial charge in [0, 0.05) is 18.6 Å². The van der Waals surface area contributed by atoms with Gasteiger partial charge in [-0.1, -0.05) is 11.6 Å². The summed E-state index contributed by atoms with van der Waals surface area (Å²) in [6.07, 6.45) is 4.11. The van der Waals surface area contributed by atoms with E-state index in [2.05, 4.69) is 21.3 Å². The molecule has 88 valence electrons. The van der Waals surface area contributed by atoms with Crippen LogP contribution in [0.5, 0.6) is 0 Å². The van der Waals surface area contributed by atoms with Gasteiger partial charge >= 0.3 is 0 Å². The molecule has 2 bridgehead atoms. The molecule has 5 heteroatoms. The van der Waals surface area contributed by atoms with Gasteiger partial charge in [-0.05, 0) is 25.5 Å². The van der Waals surface area contributed by atoms with Gasteiger partial charge in [-0.25, -0.2) is 4.98 Å². The second-order valence-electron chi connectivity index (χ2n) is 4.63. The van der Waals surface area contributed by atoms with Crippen molar-refractivity contribution in [3.05, 3.63) is 23.0 Å². The van der Waals surface area contributed by atoms with Crippen LogP contribution in [0.15, 0.2) is 12.3 Å². The molecule has 17 heavy (non-hydrogen) atoms. The monoisotopic (exact) mass is 248 g/mol. The van der Waals surface area contributed by atoms with E-state index in [9.17, 15) is 0 Å². The number of pyridine rings is 1. The number of hydrogen-bond acceptors (Lipinski definition) is 4. The summed E-state index contributed by atoms with van der Waals surface area (Å²) in [7, 11) is 0. The largest absolute Gasteiger partial charge is 0.366 e. The Hall–Kier alpha value is -1.31. The Balaban J connectivity index is 1.92. The number of fused-ring (bicyclic) bond motifs is 2. The molecule has 0 aliphatic carbocycles. The zero-order valence-corrected chi connectivity index (χ0v) is 10.1. The summed E-state index contributed by atoms with van der Waals surface area (Å²) >= 11 is 5.85. The highest BCUT2D eigenvalue weighted by Crippen LogP contribution is 2.30. The number of anilines is 1. The number of aromatic nitrogens is 1.